The number of nitrogen functional groups attached to an aromatic ring is 1. The van der Waals surface area contributed by atoms with Crippen molar-refractivity contribution >= 4 is 23.2 Å². The summed E-state index contributed by atoms with van der Waals surface area (Å²) in [6.45, 7) is 0. The Labute approximate surface area is 114 Å². The second-order valence-electron chi connectivity index (χ2n) is 4.00. The van der Waals surface area contributed by atoms with Crippen LogP contribution in [-0.2, 0) is 0 Å². The van der Waals surface area contributed by atoms with E-state index in [9.17, 15) is 0 Å². The summed E-state index contributed by atoms with van der Waals surface area (Å²) < 4.78 is 6.90. The summed E-state index contributed by atoms with van der Waals surface area (Å²) in [6.07, 6.45) is 0. The zero-order chi connectivity index (χ0) is 13.4. The first kappa shape index (κ1) is 11.8. The Morgan fingerprint density at radius 1 is 1.26 bits per heavy atom. The highest BCUT2D eigenvalue weighted by molar-refractivity contribution is 6.30. The van der Waals surface area contributed by atoms with E-state index in [0.717, 1.165) is 11.3 Å². The number of benzene rings is 1. The molecule has 5 nitrogen and oxygen atoms in total. The molecule has 0 unspecified atom stereocenters. The minimum Gasteiger partial charge on any atom is -0.493 e. The van der Waals surface area contributed by atoms with Gasteiger partial charge < -0.3 is 10.5 Å². The van der Waals surface area contributed by atoms with E-state index in [2.05, 4.69) is 10.1 Å². The average molecular weight is 275 g/mol. The van der Waals surface area contributed by atoms with Crippen molar-refractivity contribution in [3.8, 4) is 17.0 Å². The fourth-order valence-electron chi connectivity index (χ4n) is 1.98. The van der Waals surface area contributed by atoms with Crippen LogP contribution in [0, 0.1) is 0 Å². The maximum Gasteiger partial charge on any atom is 0.240 e. The Bertz CT molecular complexity index is 753. The Kier molecular flexibility index (Phi) is 2.76. The largest absolute Gasteiger partial charge is 0.493 e. The molecule has 0 atom stereocenters. The number of hydrogen-bond donors (Lipinski definition) is 1. The van der Waals surface area contributed by atoms with E-state index in [0.29, 0.717) is 16.4 Å². The molecule has 96 valence electrons. The van der Waals surface area contributed by atoms with Crippen molar-refractivity contribution in [1.82, 2.24) is 14.6 Å². The van der Waals surface area contributed by atoms with Gasteiger partial charge in [0, 0.05) is 10.6 Å². The molecule has 3 aromatic rings. The molecule has 0 saturated heterocycles. The van der Waals surface area contributed by atoms with Crippen molar-refractivity contribution in [3.63, 3.8) is 0 Å². The zero-order valence-corrected chi connectivity index (χ0v) is 10.9. The molecule has 0 radical (unpaired) electrons. The van der Waals surface area contributed by atoms with Crippen molar-refractivity contribution in [2.24, 2.45) is 0 Å². The predicted octanol–water partition coefficient (Wildman–Crippen LogP) is 2.64. The number of rotatable bonds is 2. The van der Waals surface area contributed by atoms with E-state index < -0.39 is 0 Å². The number of hydrogen-bond acceptors (Lipinski definition) is 4. The molecule has 2 aromatic heterocycles. The molecular formula is C13H11ClN4O. The molecule has 2 heterocycles. The van der Waals surface area contributed by atoms with E-state index in [1.807, 2.05) is 36.4 Å². The first-order chi connectivity index (χ1) is 9.19. The van der Waals surface area contributed by atoms with Crippen LogP contribution in [0.3, 0.4) is 0 Å². The molecule has 0 aliphatic heterocycles. The summed E-state index contributed by atoms with van der Waals surface area (Å²) in [4.78, 5) is 4.16. The highest BCUT2D eigenvalue weighted by Gasteiger charge is 2.12. The third-order valence-electron chi connectivity index (χ3n) is 2.80. The van der Waals surface area contributed by atoms with Crippen LogP contribution in [0.15, 0.2) is 36.4 Å². The number of nitrogens with two attached hydrogens (primary N) is 1. The molecule has 2 N–H and O–H groups in total. The summed E-state index contributed by atoms with van der Waals surface area (Å²) in [5, 5.41) is 4.85. The fraction of sp³-hybridized carbons (Fsp3) is 0.0769. The van der Waals surface area contributed by atoms with Crippen LogP contribution in [0.5, 0.6) is 5.75 Å². The summed E-state index contributed by atoms with van der Waals surface area (Å²) in [7, 11) is 1.58. The quantitative estimate of drug-likeness (QED) is 0.780. The third-order valence-corrected chi connectivity index (χ3v) is 3.04. The van der Waals surface area contributed by atoms with Gasteiger partial charge in [0.25, 0.3) is 0 Å². The molecule has 6 heteroatoms. The number of pyridine rings is 1. The number of ether oxygens (including phenoxy) is 1. The molecule has 0 aliphatic rings. The van der Waals surface area contributed by atoms with Crippen LogP contribution in [0.25, 0.3) is 16.9 Å². The lowest BCUT2D eigenvalue weighted by Gasteiger charge is -2.07. The molecule has 0 amide bonds. The highest BCUT2D eigenvalue weighted by Crippen LogP contribution is 2.27. The SMILES string of the molecule is COc1ccc(-c2cccc(Cl)c2)n2nc(N)nc12. The predicted molar refractivity (Wildman–Crippen MR) is 74.4 cm³/mol. The van der Waals surface area contributed by atoms with Crippen LogP contribution in [0.1, 0.15) is 0 Å². The number of nitrogens with zero attached hydrogens (tertiary/aromatic N) is 3. The van der Waals surface area contributed by atoms with Gasteiger partial charge in [0.2, 0.25) is 5.95 Å². The smallest absolute Gasteiger partial charge is 0.240 e. The Morgan fingerprint density at radius 3 is 2.84 bits per heavy atom. The van der Waals surface area contributed by atoms with Crippen LogP contribution in [0.4, 0.5) is 5.95 Å². The Balaban J connectivity index is 2.30. The number of halogens is 1. The lowest BCUT2D eigenvalue weighted by molar-refractivity contribution is 0.416. The van der Waals surface area contributed by atoms with E-state index in [4.69, 9.17) is 22.1 Å². The van der Waals surface area contributed by atoms with Crippen LogP contribution in [-0.4, -0.2) is 21.7 Å². The van der Waals surface area contributed by atoms with E-state index in [1.165, 1.54) is 0 Å². The zero-order valence-electron chi connectivity index (χ0n) is 10.2. The second-order valence-corrected chi connectivity index (χ2v) is 4.44. The lowest BCUT2D eigenvalue weighted by atomic mass is 10.1. The molecule has 0 fully saturated rings. The fourth-order valence-corrected chi connectivity index (χ4v) is 2.17. The van der Waals surface area contributed by atoms with E-state index in [1.54, 1.807) is 11.6 Å². The Morgan fingerprint density at radius 2 is 2.11 bits per heavy atom. The number of anilines is 1. The van der Waals surface area contributed by atoms with Gasteiger partial charge in [0.15, 0.2) is 11.4 Å². The van der Waals surface area contributed by atoms with Gasteiger partial charge >= 0.3 is 0 Å². The van der Waals surface area contributed by atoms with Gasteiger partial charge in [-0.2, -0.15) is 4.98 Å². The van der Waals surface area contributed by atoms with Crippen molar-refractivity contribution in [3.05, 3.63) is 41.4 Å². The van der Waals surface area contributed by atoms with Gasteiger partial charge in [-0.05, 0) is 24.3 Å². The summed E-state index contributed by atoms with van der Waals surface area (Å²) in [5.41, 5.74) is 8.03. The minimum absolute atomic E-state index is 0.202. The summed E-state index contributed by atoms with van der Waals surface area (Å²) in [5.74, 6) is 0.822. The highest BCUT2D eigenvalue weighted by atomic mass is 35.5. The molecule has 0 spiro atoms. The maximum atomic E-state index is 6.02. The van der Waals surface area contributed by atoms with Gasteiger partial charge in [0.1, 0.15) is 0 Å². The van der Waals surface area contributed by atoms with Gasteiger partial charge in [-0.1, -0.05) is 23.7 Å². The Hall–Kier alpha value is -2.27. The second kappa shape index (κ2) is 4.44. The number of methoxy groups -OCH3 is 1. The van der Waals surface area contributed by atoms with E-state index in [-0.39, 0.29) is 5.95 Å². The van der Waals surface area contributed by atoms with Gasteiger partial charge in [0.05, 0.1) is 12.8 Å². The topological polar surface area (TPSA) is 65.4 Å². The van der Waals surface area contributed by atoms with Gasteiger partial charge in [-0.15, -0.1) is 5.10 Å². The molecule has 1 aromatic carbocycles. The van der Waals surface area contributed by atoms with E-state index >= 15 is 0 Å². The minimum atomic E-state index is 0.202. The summed E-state index contributed by atoms with van der Waals surface area (Å²) in [6, 6.07) is 11.2. The van der Waals surface area contributed by atoms with Gasteiger partial charge in [-0.25, -0.2) is 4.52 Å². The lowest BCUT2D eigenvalue weighted by Crippen LogP contribution is -1.97. The molecule has 0 aliphatic carbocycles. The van der Waals surface area contributed by atoms with Crippen molar-refractivity contribution in [1.29, 1.82) is 0 Å². The third kappa shape index (κ3) is 1.98. The standard InChI is InChI=1S/C13H11ClN4O/c1-19-11-6-5-10(8-3-2-4-9(14)7-8)18-12(11)16-13(15)17-18/h2-7H,1H3,(H2,15,17). The van der Waals surface area contributed by atoms with Crippen LogP contribution >= 0.6 is 11.6 Å². The van der Waals surface area contributed by atoms with Crippen LogP contribution in [0.2, 0.25) is 5.02 Å². The molecule has 3 rings (SSSR count). The monoisotopic (exact) mass is 274 g/mol. The van der Waals surface area contributed by atoms with Crippen molar-refractivity contribution in [2.45, 2.75) is 0 Å². The van der Waals surface area contributed by atoms with Gasteiger partial charge in [-0.3, -0.25) is 0 Å². The molecule has 19 heavy (non-hydrogen) atoms. The van der Waals surface area contributed by atoms with Crippen LogP contribution < -0.4 is 10.5 Å². The first-order valence-electron chi connectivity index (χ1n) is 5.64. The molecule has 0 bridgehead atoms. The number of fused-ring (bicyclic) bond motifs is 1. The molecule has 0 saturated carbocycles. The van der Waals surface area contributed by atoms with Crippen molar-refractivity contribution in [2.75, 3.05) is 12.8 Å². The summed E-state index contributed by atoms with van der Waals surface area (Å²) >= 11 is 6.02. The maximum absolute atomic E-state index is 6.02. The first-order valence-corrected chi connectivity index (χ1v) is 6.02. The average Bonchev–Trinajstić information content (AvgIpc) is 2.78. The molecular weight excluding hydrogens is 264 g/mol. The van der Waals surface area contributed by atoms with Crippen molar-refractivity contribution < 1.29 is 4.74 Å². The number of aromatic nitrogens is 3. The normalized spacial score (nSPS) is 10.8.